The van der Waals surface area contributed by atoms with Crippen LogP contribution in [0.2, 0.25) is 0 Å². The molecule has 1 aliphatic carbocycles. The van der Waals surface area contributed by atoms with E-state index in [0.29, 0.717) is 10.1 Å². The molecule has 0 bridgehead atoms. The molecule has 146 valence electrons. The molecule has 0 radical (unpaired) electrons. The minimum atomic E-state index is -4.38. The van der Waals surface area contributed by atoms with Gasteiger partial charge in [0.25, 0.3) is 0 Å². The molecule has 0 saturated heterocycles. The van der Waals surface area contributed by atoms with E-state index in [-0.39, 0.29) is 17.9 Å². The first-order valence-electron chi connectivity index (χ1n) is 8.42. The summed E-state index contributed by atoms with van der Waals surface area (Å²) in [6, 6.07) is 5.08. The van der Waals surface area contributed by atoms with E-state index in [9.17, 15) is 18.0 Å². The van der Waals surface area contributed by atoms with Gasteiger partial charge in [-0.15, -0.1) is 0 Å². The van der Waals surface area contributed by atoms with Crippen LogP contribution in [0.5, 0.6) is 5.75 Å². The van der Waals surface area contributed by atoms with Crippen LogP contribution >= 0.6 is 22.6 Å². The highest BCUT2D eigenvalue weighted by atomic mass is 127. The predicted molar refractivity (Wildman–Crippen MR) is 100 cm³/mol. The Morgan fingerprint density at radius 2 is 1.92 bits per heavy atom. The van der Waals surface area contributed by atoms with Crippen molar-refractivity contribution in [1.82, 2.24) is 4.90 Å². The van der Waals surface area contributed by atoms with E-state index < -0.39 is 18.4 Å². The van der Waals surface area contributed by atoms with Gasteiger partial charge < -0.3 is 14.4 Å². The molecule has 0 atom stereocenters. The highest BCUT2D eigenvalue weighted by Gasteiger charge is 2.32. The maximum atomic E-state index is 12.5. The third kappa shape index (κ3) is 6.51. The number of amides is 1. The summed E-state index contributed by atoms with van der Waals surface area (Å²) in [4.78, 5) is 14.2. The number of alkyl halides is 3. The number of carbonyl (C=O) groups is 1. The van der Waals surface area contributed by atoms with Gasteiger partial charge in [0.15, 0.2) is 6.61 Å². The number of carbonyl (C=O) groups excluding carboxylic acids is 1. The molecule has 0 heterocycles. The summed E-state index contributed by atoms with van der Waals surface area (Å²) in [6.07, 6.45) is -1.80. The average Bonchev–Trinajstić information content (AvgIpc) is 2.41. The molecule has 0 spiro atoms. The first-order valence-corrected chi connectivity index (χ1v) is 9.50. The summed E-state index contributed by atoms with van der Waals surface area (Å²) in [7, 11) is 0. The fourth-order valence-corrected chi connectivity index (χ4v) is 3.21. The van der Waals surface area contributed by atoms with E-state index in [2.05, 4.69) is 0 Å². The third-order valence-corrected chi connectivity index (χ3v) is 4.73. The predicted octanol–water partition coefficient (Wildman–Crippen LogP) is 5.52. The Hall–Kier alpha value is -1.19. The molecule has 8 heteroatoms. The molecule has 1 amide bonds. The van der Waals surface area contributed by atoms with E-state index in [1.807, 2.05) is 43.4 Å². The number of hydrogen-bond donors (Lipinski definition) is 0. The van der Waals surface area contributed by atoms with Crippen molar-refractivity contribution in [3.05, 3.63) is 27.3 Å². The second kappa shape index (κ2) is 8.22. The van der Waals surface area contributed by atoms with Gasteiger partial charge in [-0.2, -0.15) is 13.2 Å². The quantitative estimate of drug-likeness (QED) is 0.516. The summed E-state index contributed by atoms with van der Waals surface area (Å²) < 4.78 is 47.8. The molecule has 0 aromatic heterocycles. The van der Waals surface area contributed by atoms with Crippen LogP contribution in [0.3, 0.4) is 0 Å². The van der Waals surface area contributed by atoms with Crippen LogP contribution < -0.4 is 4.74 Å². The van der Waals surface area contributed by atoms with E-state index in [4.69, 9.17) is 9.47 Å². The van der Waals surface area contributed by atoms with E-state index >= 15 is 0 Å². The monoisotopic (exact) mass is 485 g/mol. The van der Waals surface area contributed by atoms with Crippen molar-refractivity contribution in [1.29, 1.82) is 0 Å². The van der Waals surface area contributed by atoms with Crippen LogP contribution in [-0.4, -0.2) is 35.4 Å². The first kappa shape index (κ1) is 21.1. The molecular weight excluding hydrogens is 462 g/mol. The van der Waals surface area contributed by atoms with Crippen LogP contribution in [0.1, 0.15) is 45.6 Å². The smallest absolute Gasteiger partial charge is 0.422 e. The van der Waals surface area contributed by atoms with E-state index in [0.717, 1.165) is 24.8 Å². The molecule has 1 aromatic carbocycles. The summed E-state index contributed by atoms with van der Waals surface area (Å²) >= 11 is 1.94. The molecule has 2 rings (SSSR count). The summed E-state index contributed by atoms with van der Waals surface area (Å²) in [6.45, 7) is 4.49. The standard InChI is InChI=1S/C18H23F3INO3/c1-17(2,3)26-16(24)23(13-5-4-6-13)10-12-7-8-15(14(22)9-12)25-11-18(19,20)21/h7-9,13H,4-6,10-11H2,1-3H3. The normalized spacial score (nSPS) is 15.3. The second-order valence-electron chi connectivity index (χ2n) is 7.36. The Morgan fingerprint density at radius 3 is 2.38 bits per heavy atom. The number of ether oxygens (including phenoxy) is 2. The fourth-order valence-electron chi connectivity index (χ4n) is 2.48. The molecular formula is C18H23F3INO3. The van der Waals surface area contributed by atoms with Crippen molar-refractivity contribution < 1.29 is 27.4 Å². The summed E-state index contributed by atoms with van der Waals surface area (Å²) in [5, 5.41) is 0. The summed E-state index contributed by atoms with van der Waals surface area (Å²) in [5.41, 5.74) is 0.245. The Kier molecular flexibility index (Phi) is 6.68. The topological polar surface area (TPSA) is 38.8 Å². The molecule has 1 fully saturated rings. The Labute approximate surface area is 165 Å². The van der Waals surface area contributed by atoms with Gasteiger partial charge in [0.05, 0.1) is 3.57 Å². The van der Waals surface area contributed by atoms with Crippen LogP contribution in [0.4, 0.5) is 18.0 Å². The lowest BCUT2D eigenvalue weighted by Crippen LogP contribution is -2.46. The van der Waals surface area contributed by atoms with Gasteiger partial charge >= 0.3 is 12.3 Å². The van der Waals surface area contributed by atoms with Gasteiger partial charge in [0.2, 0.25) is 0 Å². The minimum Gasteiger partial charge on any atom is -0.483 e. The Morgan fingerprint density at radius 1 is 1.27 bits per heavy atom. The maximum Gasteiger partial charge on any atom is 0.422 e. The second-order valence-corrected chi connectivity index (χ2v) is 8.52. The van der Waals surface area contributed by atoms with E-state index in [1.165, 1.54) is 6.07 Å². The van der Waals surface area contributed by atoms with Crippen molar-refractivity contribution in [2.45, 2.75) is 64.4 Å². The lowest BCUT2D eigenvalue weighted by atomic mass is 9.91. The molecule has 1 aliphatic rings. The van der Waals surface area contributed by atoms with E-state index in [1.54, 1.807) is 17.0 Å². The zero-order valence-electron chi connectivity index (χ0n) is 15.0. The molecule has 26 heavy (non-hydrogen) atoms. The molecule has 1 aromatic rings. The largest absolute Gasteiger partial charge is 0.483 e. The van der Waals surface area contributed by atoms with Crippen molar-refractivity contribution in [2.24, 2.45) is 0 Å². The maximum absolute atomic E-state index is 12.5. The van der Waals surface area contributed by atoms with Crippen molar-refractivity contribution in [2.75, 3.05) is 6.61 Å². The van der Waals surface area contributed by atoms with Gasteiger partial charge in [-0.25, -0.2) is 4.79 Å². The first-order chi connectivity index (χ1) is 11.9. The highest BCUT2D eigenvalue weighted by Crippen LogP contribution is 2.30. The lowest BCUT2D eigenvalue weighted by molar-refractivity contribution is -0.153. The number of nitrogens with zero attached hydrogens (tertiary/aromatic N) is 1. The SMILES string of the molecule is CC(C)(C)OC(=O)N(Cc1ccc(OCC(F)(F)F)c(I)c1)C1CCC1. The van der Waals surface area contributed by atoms with Crippen molar-refractivity contribution in [3.8, 4) is 5.75 Å². The number of benzene rings is 1. The van der Waals surface area contributed by atoms with Crippen molar-refractivity contribution in [3.63, 3.8) is 0 Å². The Balaban J connectivity index is 2.08. The fraction of sp³-hybridized carbons (Fsp3) is 0.611. The molecule has 0 unspecified atom stereocenters. The van der Waals surface area contributed by atoms with Gasteiger partial charge in [-0.1, -0.05) is 6.07 Å². The minimum absolute atomic E-state index is 0.142. The Bertz CT molecular complexity index is 640. The molecule has 1 saturated carbocycles. The lowest BCUT2D eigenvalue weighted by Gasteiger charge is -2.38. The zero-order chi connectivity index (χ0) is 19.5. The number of halogens is 4. The molecule has 0 N–H and O–H groups in total. The summed E-state index contributed by atoms with van der Waals surface area (Å²) in [5.74, 6) is 0.180. The number of rotatable bonds is 5. The van der Waals surface area contributed by atoms with Gasteiger partial charge in [-0.05, 0) is 80.3 Å². The average molecular weight is 485 g/mol. The van der Waals surface area contributed by atoms with Crippen LogP contribution in [-0.2, 0) is 11.3 Å². The molecule has 0 aliphatic heterocycles. The molecule has 4 nitrogen and oxygen atoms in total. The number of hydrogen-bond acceptors (Lipinski definition) is 3. The van der Waals surface area contributed by atoms with Crippen LogP contribution in [0.15, 0.2) is 18.2 Å². The van der Waals surface area contributed by atoms with Gasteiger partial charge in [0, 0.05) is 12.6 Å². The van der Waals surface area contributed by atoms with Crippen LogP contribution in [0.25, 0.3) is 0 Å². The highest BCUT2D eigenvalue weighted by molar-refractivity contribution is 14.1. The zero-order valence-corrected chi connectivity index (χ0v) is 17.2. The third-order valence-electron chi connectivity index (χ3n) is 3.88. The van der Waals surface area contributed by atoms with Gasteiger partial charge in [-0.3, -0.25) is 0 Å². The van der Waals surface area contributed by atoms with Crippen molar-refractivity contribution >= 4 is 28.7 Å². The van der Waals surface area contributed by atoms with Crippen LogP contribution in [0, 0.1) is 3.57 Å². The van der Waals surface area contributed by atoms with Gasteiger partial charge in [0.1, 0.15) is 11.4 Å².